The Hall–Kier alpha value is -3.92. The number of hydrogen-bond acceptors (Lipinski definition) is 7. The molecule has 0 aliphatic rings. The van der Waals surface area contributed by atoms with Crippen LogP contribution >= 0.6 is 11.3 Å². The second-order valence-corrected chi connectivity index (χ2v) is 7.82. The van der Waals surface area contributed by atoms with Crippen molar-refractivity contribution in [2.24, 2.45) is 0 Å². The third kappa shape index (κ3) is 4.51. The fraction of sp³-hybridized carbons (Fsp3) is 0.174. The number of fused-ring (bicyclic) bond motifs is 1. The van der Waals surface area contributed by atoms with Crippen LogP contribution in [0.1, 0.15) is 16.1 Å². The second kappa shape index (κ2) is 9.29. The number of nitrogens with zero attached hydrogens (tertiary/aromatic N) is 2. The average Bonchev–Trinajstić information content (AvgIpc) is 3.40. The normalized spacial score (nSPS) is 10.8. The number of hydrogen-bond donors (Lipinski definition) is 1. The molecule has 0 atom stereocenters. The topological polar surface area (TPSA) is 91.2 Å². The van der Waals surface area contributed by atoms with Gasteiger partial charge < -0.3 is 19.5 Å². The van der Waals surface area contributed by atoms with Crippen LogP contribution in [-0.4, -0.2) is 42.6 Å². The van der Waals surface area contributed by atoms with Crippen LogP contribution in [0.25, 0.3) is 16.2 Å². The van der Waals surface area contributed by atoms with Gasteiger partial charge in [-0.15, -0.1) is 11.3 Å². The molecule has 1 amide bonds. The van der Waals surface area contributed by atoms with Crippen molar-refractivity contribution in [1.82, 2.24) is 9.38 Å². The number of rotatable bonds is 7. The molecule has 4 rings (SSSR count). The van der Waals surface area contributed by atoms with Crippen molar-refractivity contribution in [2.45, 2.75) is 6.42 Å². The first-order chi connectivity index (χ1) is 15.9. The SMILES string of the molecule is COC(=O)c1cc(OC)c(OC)cc1NC(=O)Cc1csc2nc(-c3ccc(F)cc3)cn12. The third-order valence-corrected chi connectivity index (χ3v) is 5.86. The quantitative estimate of drug-likeness (QED) is 0.408. The van der Waals surface area contributed by atoms with Crippen LogP contribution in [-0.2, 0) is 16.0 Å². The van der Waals surface area contributed by atoms with Gasteiger partial charge in [-0.1, -0.05) is 0 Å². The smallest absolute Gasteiger partial charge is 0.340 e. The molecule has 0 unspecified atom stereocenters. The lowest BCUT2D eigenvalue weighted by molar-refractivity contribution is -0.115. The van der Waals surface area contributed by atoms with Crippen LogP contribution in [0.2, 0.25) is 0 Å². The number of halogens is 1. The van der Waals surface area contributed by atoms with Gasteiger partial charge in [-0.05, 0) is 24.3 Å². The summed E-state index contributed by atoms with van der Waals surface area (Å²) in [6.45, 7) is 0. The summed E-state index contributed by atoms with van der Waals surface area (Å²) in [7, 11) is 4.16. The average molecular weight is 469 g/mol. The fourth-order valence-electron chi connectivity index (χ4n) is 3.34. The number of nitrogens with one attached hydrogen (secondary N) is 1. The molecule has 8 nitrogen and oxygen atoms in total. The van der Waals surface area contributed by atoms with E-state index in [0.29, 0.717) is 27.8 Å². The molecule has 10 heteroatoms. The first kappa shape index (κ1) is 22.3. The first-order valence-electron chi connectivity index (χ1n) is 9.79. The van der Waals surface area contributed by atoms with Crippen LogP contribution in [0.4, 0.5) is 10.1 Å². The lowest BCUT2D eigenvalue weighted by Crippen LogP contribution is -2.18. The van der Waals surface area contributed by atoms with Crippen molar-refractivity contribution >= 4 is 33.9 Å². The van der Waals surface area contributed by atoms with E-state index in [0.717, 1.165) is 5.56 Å². The lowest BCUT2D eigenvalue weighted by Gasteiger charge is -2.14. The number of methoxy groups -OCH3 is 3. The first-order valence-corrected chi connectivity index (χ1v) is 10.7. The minimum atomic E-state index is -0.622. The molecule has 33 heavy (non-hydrogen) atoms. The van der Waals surface area contributed by atoms with Crippen molar-refractivity contribution in [2.75, 3.05) is 26.6 Å². The van der Waals surface area contributed by atoms with E-state index < -0.39 is 5.97 Å². The highest BCUT2D eigenvalue weighted by Gasteiger charge is 2.20. The van der Waals surface area contributed by atoms with Crippen molar-refractivity contribution in [1.29, 1.82) is 0 Å². The van der Waals surface area contributed by atoms with Crippen LogP contribution < -0.4 is 14.8 Å². The van der Waals surface area contributed by atoms with Crippen LogP contribution in [0.15, 0.2) is 48.0 Å². The second-order valence-electron chi connectivity index (χ2n) is 6.98. The summed E-state index contributed by atoms with van der Waals surface area (Å²) in [6.07, 6.45) is 1.84. The van der Waals surface area contributed by atoms with Gasteiger partial charge in [-0.3, -0.25) is 9.20 Å². The number of imidazole rings is 1. The van der Waals surface area contributed by atoms with Crippen LogP contribution in [0.5, 0.6) is 11.5 Å². The summed E-state index contributed by atoms with van der Waals surface area (Å²) in [5, 5.41) is 4.59. The van der Waals surface area contributed by atoms with Crippen LogP contribution in [0.3, 0.4) is 0 Å². The molecule has 0 saturated heterocycles. The van der Waals surface area contributed by atoms with Gasteiger partial charge in [0.2, 0.25) is 5.91 Å². The van der Waals surface area contributed by atoms with Crippen molar-refractivity contribution in [3.05, 3.63) is 65.0 Å². The maximum absolute atomic E-state index is 13.2. The highest BCUT2D eigenvalue weighted by Crippen LogP contribution is 2.34. The zero-order valence-corrected chi connectivity index (χ0v) is 18.9. The summed E-state index contributed by atoms with van der Waals surface area (Å²) in [4.78, 5) is 30.3. The standard InChI is InChI=1S/C23H20FN3O5S/c1-30-19-9-16(22(29)32-3)17(10-20(19)31-2)25-21(28)8-15-12-33-23-26-18(11-27(15)23)13-4-6-14(24)7-5-13/h4-7,9-12H,8H2,1-3H3,(H,25,28). The number of aromatic nitrogens is 2. The Morgan fingerprint density at radius 3 is 2.45 bits per heavy atom. The Balaban J connectivity index is 1.59. The molecule has 0 aliphatic carbocycles. The molecular formula is C23H20FN3O5S. The monoisotopic (exact) mass is 469 g/mol. The molecule has 1 N–H and O–H groups in total. The van der Waals surface area contributed by atoms with E-state index in [-0.39, 0.29) is 29.4 Å². The molecule has 0 bridgehead atoms. The molecule has 0 fully saturated rings. The number of carbonyl (C=O) groups excluding carboxylic acids is 2. The summed E-state index contributed by atoms with van der Waals surface area (Å²) < 4.78 is 30.4. The Kier molecular flexibility index (Phi) is 6.27. The molecule has 0 aliphatic heterocycles. The zero-order valence-electron chi connectivity index (χ0n) is 18.0. The van der Waals surface area contributed by atoms with E-state index >= 15 is 0 Å². The van der Waals surface area contributed by atoms with Crippen molar-refractivity contribution in [3.8, 4) is 22.8 Å². The molecule has 2 aromatic heterocycles. The highest BCUT2D eigenvalue weighted by molar-refractivity contribution is 7.15. The number of thiazole rings is 1. The van der Waals surface area contributed by atoms with E-state index in [4.69, 9.17) is 14.2 Å². The number of carbonyl (C=O) groups is 2. The minimum absolute atomic E-state index is 0.0359. The van der Waals surface area contributed by atoms with Gasteiger partial charge in [0.25, 0.3) is 0 Å². The molecule has 170 valence electrons. The molecule has 4 aromatic rings. The van der Waals surface area contributed by atoms with E-state index in [9.17, 15) is 14.0 Å². The number of anilines is 1. The molecule has 0 spiro atoms. The maximum Gasteiger partial charge on any atom is 0.340 e. The van der Waals surface area contributed by atoms with Crippen molar-refractivity contribution < 1.29 is 28.2 Å². The van der Waals surface area contributed by atoms with Gasteiger partial charge in [-0.2, -0.15) is 0 Å². The minimum Gasteiger partial charge on any atom is -0.493 e. The number of benzene rings is 2. The third-order valence-electron chi connectivity index (χ3n) is 4.97. The van der Waals surface area contributed by atoms with E-state index in [1.165, 1.54) is 56.9 Å². The lowest BCUT2D eigenvalue weighted by atomic mass is 10.1. The fourth-order valence-corrected chi connectivity index (χ4v) is 4.21. The van der Waals surface area contributed by atoms with Gasteiger partial charge >= 0.3 is 5.97 Å². The van der Waals surface area contributed by atoms with E-state index in [2.05, 4.69) is 10.3 Å². The van der Waals surface area contributed by atoms with E-state index in [1.807, 2.05) is 9.78 Å². The Morgan fingerprint density at radius 1 is 1.09 bits per heavy atom. The van der Waals surface area contributed by atoms with Gasteiger partial charge in [0.15, 0.2) is 16.5 Å². The van der Waals surface area contributed by atoms with Crippen LogP contribution in [0, 0.1) is 5.82 Å². The summed E-state index contributed by atoms with van der Waals surface area (Å²) in [5.41, 5.74) is 2.55. The van der Waals surface area contributed by atoms with Gasteiger partial charge in [-0.25, -0.2) is 14.2 Å². The Bertz CT molecular complexity index is 1330. The zero-order chi connectivity index (χ0) is 23.5. The summed E-state index contributed by atoms with van der Waals surface area (Å²) >= 11 is 1.39. The summed E-state index contributed by atoms with van der Waals surface area (Å²) in [5.74, 6) is -0.593. The Morgan fingerprint density at radius 2 is 1.79 bits per heavy atom. The number of amides is 1. The van der Waals surface area contributed by atoms with Gasteiger partial charge in [0, 0.05) is 35.0 Å². The highest BCUT2D eigenvalue weighted by atomic mass is 32.1. The molecule has 0 saturated carbocycles. The molecular weight excluding hydrogens is 449 g/mol. The molecule has 2 heterocycles. The largest absolute Gasteiger partial charge is 0.493 e. The van der Waals surface area contributed by atoms with Gasteiger partial charge in [0.1, 0.15) is 5.82 Å². The maximum atomic E-state index is 13.2. The summed E-state index contributed by atoms with van der Waals surface area (Å²) in [6, 6.07) is 9.02. The predicted molar refractivity (Wildman–Crippen MR) is 122 cm³/mol. The molecule has 0 radical (unpaired) electrons. The molecule has 2 aromatic carbocycles. The number of esters is 1. The van der Waals surface area contributed by atoms with Crippen molar-refractivity contribution in [3.63, 3.8) is 0 Å². The predicted octanol–water partition coefficient (Wildman–Crippen LogP) is 4.19. The number of ether oxygens (including phenoxy) is 3. The van der Waals surface area contributed by atoms with E-state index in [1.54, 1.807) is 18.3 Å². The van der Waals surface area contributed by atoms with Gasteiger partial charge in [0.05, 0.1) is 44.7 Å². The Labute approximate surface area is 192 Å².